The summed E-state index contributed by atoms with van der Waals surface area (Å²) < 4.78 is 0. The first-order valence-electron chi connectivity index (χ1n) is 3.89. The summed E-state index contributed by atoms with van der Waals surface area (Å²) in [7, 11) is 1.89. The van der Waals surface area contributed by atoms with Crippen LogP contribution in [-0.2, 0) is 0 Å². The van der Waals surface area contributed by atoms with Gasteiger partial charge in [0, 0.05) is 6.54 Å². The summed E-state index contributed by atoms with van der Waals surface area (Å²) in [6, 6.07) is 0. The second-order valence-electron chi connectivity index (χ2n) is 1.34. The Morgan fingerprint density at radius 1 is 1.45 bits per heavy atom. The van der Waals surface area contributed by atoms with Gasteiger partial charge in [-0.3, -0.25) is 0 Å². The molecule has 0 amide bonds. The van der Waals surface area contributed by atoms with Crippen molar-refractivity contribution in [2.45, 2.75) is 20.8 Å². The molecule has 0 radical (unpaired) electrons. The van der Waals surface area contributed by atoms with E-state index < -0.39 is 0 Å². The zero-order valence-corrected chi connectivity index (χ0v) is 8.28. The molecule has 0 heterocycles. The predicted octanol–water partition coefficient (Wildman–Crippen LogP) is 2.77. The molecule has 0 bridgehead atoms. The third kappa shape index (κ3) is 97.5. The normalized spacial score (nSPS) is 5.45. The summed E-state index contributed by atoms with van der Waals surface area (Å²) in [5.41, 5.74) is 2.56. The number of nitrogens with one attached hydrogen (secondary N) is 1. The molecule has 0 aromatic heterocycles. The van der Waals surface area contributed by atoms with E-state index in [-0.39, 0.29) is 0 Å². The van der Waals surface area contributed by atoms with E-state index in [4.69, 9.17) is 0 Å². The van der Waals surface area contributed by atoms with Crippen LogP contribution in [0.15, 0.2) is 31.0 Å². The highest BCUT2D eigenvalue weighted by Crippen LogP contribution is 1.48. The summed E-state index contributed by atoms with van der Waals surface area (Å²) in [5.74, 6) is 0. The van der Waals surface area contributed by atoms with Crippen molar-refractivity contribution in [3.63, 3.8) is 0 Å². The van der Waals surface area contributed by atoms with Crippen molar-refractivity contribution in [2.24, 2.45) is 0 Å². The van der Waals surface area contributed by atoms with Crippen molar-refractivity contribution in [2.75, 3.05) is 13.6 Å². The largest absolute Gasteiger partial charge is 0.316 e. The molecular formula is C10H21N. The van der Waals surface area contributed by atoms with Gasteiger partial charge in [-0.1, -0.05) is 26.5 Å². The van der Waals surface area contributed by atoms with E-state index in [0.717, 1.165) is 6.54 Å². The number of likely N-dealkylation sites (N-methyl/N-ethyl adjacent to an activating group) is 1. The fraction of sp³-hybridized carbons (Fsp3) is 0.500. The van der Waals surface area contributed by atoms with E-state index >= 15 is 0 Å². The van der Waals surface area contributed by atoms with E-state index in [9.17, 15) is 0 Å². The second-order valence-corrected chi connectivity index (χ2v) is 1.34. The zero-order valence-electron chi connectivity index (χ0n) is 8.28. The summed E-state index contributed by atoms with van der Waals surface area (Å²) >= 11 is 0. The van der Waals surface area contributed by atoms with Crippen molar-refractivity contribution < 1.29 is 0 Å². The molecule has 0 aliphatic rings. The molecule has 11 heavy (non-hydrogen) atoms. The Labute approximate surface area is 71.5 Å². The van der Waals surface area contributed by atoms with Crippen LogP contribution in [0.4, 0.5) is 0 Å². The van der Waals surface area contributed by atoms with E-state index in [1.807, 2.05) is 33.9 Å². The maximum absolute atomic E-state index is 3.49. The molecule has 0 aromatic carbocycles. The van der Waals surface area contributed by atoms with E-state index in [1.165, 1.54) is 0 Å². The summed E-state index contributed by atoms with van der Waals surface area (Å²) in [6.45, 7) is 13.6. The van der Waals surface area contributed by atoms with Gasteiger partial charge in [0.1, 0.15) is 0 Å². The maximum atomic E-state index is 3.49. The van der Waals surface area contributed by atoms with Crippen molar-refractivity contribution in [1.29, 1.82) is 0 Å². The van der Waals surface area contributed by atoms with Crippen molar-refractivity contribution in [1.82, 2.24) is 5.32 Å². The topological polar surface area (TPSA) is 12.0 Å². The number of hydrogen-bond donors (Lipinski definition) is 1. The molecule has 0 saturated heterocycles. The highest BCUT2D eigenvalue weighted by atomic mass is 14.8. The highest BCUT2D eigenvalue weighted by Gasteiger charge is 1.56. The lowest BCUT2D eigenvalue weighted by Crippen LogP contribution is -2.02. The van der Waals surface area contributed by atoms with E-state index in [0.29, 0.717) is 0 Å². The van der Waals surface area contributed by atoms with Gasteiger partial charge in [-0.05, 0) is 20.0 Å². The first-order valence-corrected chi connectivity index (χ1v) is 3.89. The molecule has 0 spiro atoms. The molecule has 0 aliphatic carbocycles. The van der Waals surface area contributed by atoms with Crippen LogP contribution in [-0.4, -0.2) is 13.6 Å². The van der Waals surface area contributed by atoms with E-state index in [2.05, 4.69) is 24.2 Å². The summed E-state index contributed by atoms with van der Waals surface area (Å²) in [4.78, 5) is 0. The van der Waals surface area contributed by atoms with Gasteiger partial charge in [-0.25, -0.2) is 0 Å². The van der Waals surface area contributed by atoms with Crippen molar-refractivity contribution >= 4 is 0 Å². The molecule has 1 nitrogen and oxygen atoms in total. The molecule has 0 fully saturated rings. The molecule has 66 valence electrons. The molecule has 0 aromatic rings. The Morgan fingerprint density at radius 2 is 1.82 bits per heavy atom. The van der Waals surface area contributed by atoms with Gasteiger partial charge in [-0.15, -0.1) is 12.3 Å². The van der Waals surface area contributed by atoms with Crippen LogP contribution >= 0.6 is 0 Å². The molecule has 0 rings (SSSR count). The lowest BCUT2D eigenvalue weighted by molar-refractivity contribution is 0.921. The van der Waals surface area contributed by atoms with Crippen LogP contribution in [0.3, 0.4) is 0 Å². The monoisotopic (exact) mass is 155 g/mol. The van der Waals surface area contributed by atoms with Gasteiger partial charge in [0.25, 0.3) is 0 Å². The zero-order chi connectivity index (χ0) is 9.54. The minimum atomic E-state index is 0.903. The van der Waals surface area contributed by atoms with Crippen LogP contribution in [0.1, 0.15) is 20.8 Å². The van der Waals surface area contributed by atoms with Crippen LogP contribution in [0.5, 0.6) is 0 Å². The predicted molar refractivity (Wildman–Crippen MR) is 54.9 cm³/mol. The lowest BCUT2D eigenvalue weighted by Gasteiger charge is -1.79. The Balaban J connectivity index is -0.0000000965. The van der Waals surface area contributed by atoms with Gasteiger partial charge in [0.15, 0.2) is 0 Å². The van der Waals surface area contributed by atoms with Gasteiger partial charge < -0.3 is 5.32 Å². The average Bonchev–Trinajstić information content (AvgIpc) is 2.10. The van der Waals surface area contributed by atoms with Gasteiger partial charge in [0.05, 0.1) is 0 Å². The Morgan fingerprint density at radius 3 is 1.82 bits per heavy atom. The maximum Gasteiger partial charge on any atom is 0.0129 e. The smallest absolute Gasteiger partial charge is 0.0129 e. The fourth-order valence-electron chi connectivity index (χ4n) is 0.144. The van der Waals surface area contributed by atoms with Crippen molar-refractivity contribution in [3.8, 4) is 0 Å². The molecule has 0 saturated carbocycles. The number of rotatable bonds is 2. The van der Waals surface area contributed by atoms with Gasteiger partial charge >= 0.3 is 0 Å². The van der Waals surface area contributed by atoms with Crippen molar-refractivity contribution in [3.05, 3.63) is 31.0 Å². The van der Waals surface area contributed by atoms with Crippen LogP contribution in [0, 0.1) is 0 Å². The van der Waals surface area contributed by atoms with Gasteiger partial charge in [-0.2, -0.15) is 0 Å². The third-order valence-electron chi connectivity index (χ3n) is 0.553. The van der Waals surface area contributed by atoms with Crippen LogP contribution in [0.2, 0.25) is 0 Å². The molecule has 1 N–H and O–H groups in total. The first-order chi connectivity index (χ1) is 5.33. The third-order valence-corrected chi connectivity index (χ3v) is 0.553. The SMILES string of the molecule is C=C=CC.C=CCNC.CC. The minimum absolute atomic E-state index is 0.903. The quantitative estimate of drug-likeness (QED) is 0.477. The Kier molecular flexibility index (Phi) is 53.0. The standard InChI is InChI=1S/C4H9N.C4H6.C2H6/c1-3-4-5-2;1-3-4-2;1-2/h3,5H,1,4H2,2H3;4H,1H2,2H3;1-2H3. The first kappa shape index (κ1) is 16.7. The average molecular weight is 155 g/mol. The molecule has 0 atom stereocenters. The second kappa shape index (κ2) is 35.0. The van der Waals surface area contributed by atoms with Crippen LogP contribution in [0.25, 0.3) is 0 Å². The highest BCUT2D eigenvalue weighted by molar-refractivity contribution is 4.67. The molecular weight excluding hydrogens is 134 g/mol. The molecule has 0 aliphatic heterocycles. The Bertz CT molecular complexity index is 89.0. The van der Waals surface area contributed by atoms with E-state index in [1.54, 1.807) is 6.08 Å². The number of allylic oxidation sites excluding steroid dienone is 1. The lowest BCUT2D eigenvalue weighted by atomic mass is 10.6. The molecule has 1 heteroatoms. The van der Waals surface area contributed by atoms with Gasteiger partial charge in [0.2, 0.25) is 0 Å². The van der Waals surface area contributed by atoms with Crippen LogP contribution < -0.4 is 5.32 Å². The summed E-state index contributed by atoms with van der Waals surface area (Å²) in [6.07, 6.45) is 3.58. The number of hydrogen-bond acceptors (Lipinski definition) is 1. The Hall–Kier alpha value is -0.780. The minimum Gasteiger partial charge on any atom is -0.316 e. The fourth-order valence-corrected chi connectivity index (χ4v) is 0.144. The summed E-state index contributed by atoms with van der Waals surface area (Å²) in [5, 5.41) is 2.90. The molecule has 0 unspecified atom stereocenters.